The SMILES string of the molecule is CC(C)CC(=O)NC1CCN(C(=O)c2ccccc2Br)CC1. The number of rotatable bonds is 4. The Labute approximate surface area is 140 Å². The lowest BCUT2D eigenvalue weighted by atomic mass is 10.0. The van der Waals surface area contributed by atoms with Crippen molar-refractivity contribution in [1.82, 2.24) is 10.2 Å². The number of carbonyl (C=O) groups excluding carboxylic acids is 2. The van der Waals surface area contributed by atoms with Crippen LogP contribution in [-0.4, -0.2) is 35.8 Å². The highest BCUT2D eigenvalue weighted by Gasteiger charge is 2.25. The number of hydrogen-bond acceptors (Lipinski definition) is 2. The average Bonchev–Trinajstić information content (AvgIpc) is 2.47. The van der Waals surface area contributed by atoms with E-state index in [1.807, 2.05) is 43.0 Å². The number of carbonyl (C=O) groups is 2. The largest absolute Gasteiger partial charge is 0.353 e. The third kappa shape index (κ3) is 4.57. The zero-order valence-electron chi connectivity index (χ0n) is 13.1. The molecule has 1 saturated heterocycles. The Morgan fingerprint density at radius 2 is 1.91 bits per heavy atom. The van der Waals surface area contributed by atoms with Crippen molar-refractivity contribution in [1.29, 1.82) is 0 Å². The summed E-state index contributed by atoms with van der Waals surface area (Å²) in [6.07, 6.45) is 2.20. The van der Waals surface area contributed by atoms with Crippen LogP contribution >= 0.6 is 15.9 Å². The molecule has 4 nitrogen and oxygen atoms in total. The third-order valence-corrected chi connectivity index (χ3v) is 4.54. The van der Waals surface area contributed by atoms with Crippen LogP contribution in [0.25, 0.3) is 0 Å². The summed E-state index contributed by atoms with van der Waals surface area (Å²) in [5.74, 6) is 0.544. The van der Waals surface area contributed by atoms with Gasteiger partial charge in [-0.1, -0.05) is 26.0 Å². The molecule has 1 N–H and O–H groups in total. The Morgan fingerprint density at radius 1 is 1.27 bits per heavy atom. The molecular weight excluding hydrogens is 344 g/mol. The van der Waals surface area contributed by atoms with Crippen molar-refractivity contribution in [3.8, 4) is 0 Å². The van der Waals surface area contributed by atoms with E-state index in [2.05, 4.69) is 21.2 Å². The molecule has 1 aromatic rings. The molecule has 1 aliphatic rings. The minimum Gasteiger partial charge on any atom is -0.353 e. The molecule has 0 saturated carbocycles. The monoisotopic (exact) mass is 366 g/mol. The first-order valence-electron chi connectivity index (χ1n) is 7.80. The molecule has 0 spiro atoms. The van der Waals surface area contributed by atoms with Gasteiger partial charge in [0.05, 0.1) is 5.56 Å². The maximum Gasteiger partial charge on any atom is 0.254 e. The first-order valence-corrected chi connectivity index (χ1v) is 8.60. The smallest absolute Gasteiger partial charge is 0.254 e. The van der Waals surface area contributed by atoms with E-state index in [-0.39, 0.29) is 17.9 Å². The molecular formula is C17H23BrN2O2. The molecule has 120 valence electrons. The topological polar surface area (TPSA) is 49.4 Å². The van der Waals surface area contributed by atoms with Crippen LogP contribution in [0.1, 0.15) is 43.5 Å². The van der Waals surface area contributed by atoms with Crippen molar-refractivity contribution >= 4 is 27.7 Å². The van der Waals surface area contributed by atoms with E-state index in [1.165, 1.54) is 0 Å². The normalized spacial score (nSPS) is 15.9. The molecule has 1 aromatic carbocycles. The summed E-state index contributed by atoms with van der Waals surface area (Å²) in [4.78, 5) is 26.2. The van der Waals surface area contributed by atoms with Crippen molar-refractivity contribution in [3.05, 3.63) is 34.3 Å². The van der Waals surface area contributed by atoms with Gasteiger partial charge in [-0.05, 0) is 46.8 Å². The van der Waals surface area contributed by atoms with Crippen molar-refractivity contribution in [2.45, 2.75) is 39.2 Å². The van der Waals surface area contributed by atoms with Crippen molar-refractivity contribution in [3.63, 3.8) is 0 Å². The Balaban J connectivity index is 1.86. The van der Waals surface area contributed by atoms with E-state index >= 15 is 0 Å². The van der Waals surface area contributed by atoms with E-state index in [4.69, 9.17) is 0 Å². The molecule has 22 heavy (non-hydrogen) atoms. The molecule has 1 aliphatic heterocycles. The zero-order valence-corrected chi connectivity index (χ0v) is 14.7. The van der Waals surface area contributed by atoms with Gasteiger partial charge in [0, 0.05) is 30.0 Å². The van der Waals surface area contributed by atoms with Gasteiger partial charge >= 0.3 is 0 Å². The van der Waals surface area contributed by atoms with E-state index < -0.39 is 0 Å². The number of halogens is 1. The number of benzene rings is 1. The molecule has 5 heteroatoms. The summed E-state index contributed by atoms with van der Waals surface area (Å²) < 4.78 is 0.826. The predicted octanol–water partition coefficient (Wildman–Crippen LogP) is 3.22. The van der Waals surface area contributed by atoms with Gasteiger partial charge in [-0.3, -0.25) is 9.59 Å². The van der Waals surface area contributed by atoms with Gasteiger partial charge < -0.3 is 10.2 Å². The van der Waals surface area contributed by atoms with Crippen LogP contribution < -0.4 is 5.32 Å². The van der Waals surface area contributed by atoms with Crippen molar-refractivity contribution < 1.29 is 9.59 Å². The Hall–Kier alpha value is -1.36. The first-order chi connectivity index (χ1) is 10.5. The molecule has 1 fully saturated rings. The van der Waals surface area contributed by atoms with E-state index in [9.17, 15) is 9.59 Å². The molecule has 0 aliphatic carbocycles. The Kier molecular flexibility index (Phi) is 6.00. The molecule has 2 amide bonds. The van der Waals surface area contributed by atoms with Crippen LogP contribution in [0.2, 0.25) is 0 Å². The van der Waals surface area contributed by atoms with Gasteiger partial charge in [-0.2, -0.15) is 0 Å². The van der Waals surface area contributed by atoms with Crippen LogP contribution in [0.3, 0.4) is 0 Å². The molecule has 1 heterocycles. The van der Waals surface area contributed by atoms with Crippen molar-refractivity contribution in [2.24, 2.45) is 5.92 Å². The molecule has 0 radical (unpaired) electrons. The lowest BCUT2D eigenvalue weighted by Crippen LogP contribution is -2.46. The number of nitrogens with zero attached hydrogens (tertiary/aromatic N) is 1. The number of hydrogen-bond donors (Lipinski definition) is 1. The van der Waals surface area contributed by atoms with Gasteiger partial charge in [0.1, 0.15) is 0 Å². The van der Waals surface area contributed by atoms with Crippen LogP contribution in [0.15, 0.2) is 28.7 Å². The lowest BCUT2D eigenvalue weighted by molar-refractivity contribution is -0.122. The fourth-order valence-corrected chi connectivity index (χ4v) is 3.14. The summed E-state index contributed by atoms with van der Waals surface area (Å²) in [6, 6.07) is 7.68. The first kappa shape index (κ1) is 17.0. The quantitative estimate of drug-likeness (QED) is 0.889. The van der Waals surface area contributed by atoms with E-state index in [0.717, 1.165) is 17.3 Å². The summed E-state index contributed by atoms with van der Waals surface area (Å²) in [7, 11) is 0. The molecule has 2 rings (SSSR count). The predicted molar refractivity (Wildman–Crippen MR) is 90.7 cm³/mol. The highest BCUT2D eigenvalue weighted by atomic mass is 79.9. The fourth-order valence-electron chi connectivity index (χ4n) is 2.69. The average molecular weight is 367 g/mol. The standard InChI is InChI=1S/C17H23BrN2O2/c1-12(2)11-16(21)19-13-7-9-20(10-8-13)17(22)14-5-3-4-6-15(14)18/h3-6,12-13H,7-11H2,1-2H3,(H,19,21). The molecule has 0 aromatic heterocycles. The number of nitrogens with one attached hydrogen (secondary N) is 1. The van der Waals surface area contributed by atoms with Crippen LogP contribution in [0, 0.1) is 5.92 Å². The molecule has 0 bridgehead atoms. The molecule has 0 atom stereocenters. The van der Waals surface area contributed by atoms with Gasteiger partial charge in [0.2, 0.25) is 5.91 Å². The van der Waals surface area contributed by atoms with Crippen LogP contribution in [0.4, 0.5) is 0 Å². The van der Waals surface area contributed by atoms with Crippen molar-refractivity contribution in [2.75, 3.05) is 13.1 Å². The highest BCUT2D eigenvalue weighted by molar-refractivity contribution is 9.10. The minimum atomic E-state index is 0.0550. The Morgan fingerprint density at radius 3 is 2.50 bits per heavy atom. The van der Waals surface area contributed by atoms with E-state index in [0.29, 0.717) is 31.0 Å². The fraction of sp³-hybridized carbons (Fsp3) is 0.529. The van der Waals surface area contributed by atoms with Gasteiger partial charge in [0.15, 0.2) is 0 Å². The van der Waals surface area contributed by atoms with Gasteiger partial charge in [-0.25, -0.2) is 0 Å². The van der Waals surface area contributed by atoms with Crippen LogP contribution in [0.5, 0.6) is 0 Å². The number of likely N-dealkylation sites (tertiary alicyclic amines) is 1. The second-order valence-electron chi connectivity index (χ2n) is 6.21. The van der Waals surface area contributed by atoms with Gasteiger partial charge in [-0.15, -0.1) is 0 Å². The zero-order chi connectivity index (χ0) is 16.1. The number of amides is 2. The highest BCUT2D eigenvalue weighted by Crippen LogP contribution is 2.20. The summed E-state index contributed by atoms with van der Waals surface area (Å²) in [5, 5.41) is 3.07. The second-order valence-corrected chi connectivity index (χ2v) is 7.07. The summed E-state index contributed by atoms with van der Waals surface area (Å²) in [5.41, 5.74) is 0.699. The third-order valence-electron chi connectivity index (χ3n) is 3.85. The second kappa shape index (κ2) is 7.77. The number of piperidine rings is 1. The van der Waals surface area contributed by atoms with Gasteiger partial charge in [0.25, 0.3) is 5.91 Å². The van der Waals surface area contributed by atoms with E-state index in [1.54, 1.807) is 0 Å². The maximum absolute atomic E-state index is 12.5. The maximum atomic E-state index is 12.5. The van der Waals surface area contributed by atoms with Crippen LogP contribution in [-0.2, 0) is 4.79 Å². The Bertz CT molecular complexity index is 537. The lowest BCUT2D eigenvalue weighted by Gasteiger charge is -2.32. The molecule has 0 unspecified atom stereocenters. The minimum absolute atomic E-state index is 0.0550. The summed E-state index contributed by atoms with van der Waals surface area (Å²) in [6.45, 7) is 5.46. The summed E-state index contributed by atoms with van der Waals surface area (Å²) >= 11 is 3.43.